The van der Waals surface area contributed by atoms with Crippen LogP contribution in [0.15, 0.2) is 48.3 Å². The SMILES string of the molecule is CCCCNc1nc(N)ncc1OCC1=CNCC(C(C)c2ccccc2)C1. The molecule has 0 aliphatic carbocycles. The number of hydrogen-bond acceptors (Lipinski definition) is 6. The summed E-state index contributed by atoms with van der Waals surface area (Å²) in [6.07, 6.45) is 6.92. The van der Waals surface area contributed by atoms with Crippen molar-refractivity contribution < 1.29 is 4.74 Å². The monoisotopic (exact) mass is 381 g/mol. The van der Waals surface area contributed by atoms with Crippen LogP contribution in [-0.4, -0.2) is 29.7 Å². The van der Waals surface area contributed by atoms with Gasteiger partial charge in [-0.05, 0) is 42.0 Å². The molecule has 1 aromatic heterocycles. The Morgan fingerprint density at radius 3 is 2.93 bits per heavy atom. The molecule has 6 nitrogen and oxygen atoms in total. The summed E-state index contributed by atoms with van der Waals surface area (Å²) in [5, 5.41) is 6.73. The van der Waals surface area contributed by atoms with Crippen LogP contribution in [0.4, 0.5) is 11.8 Å². The normalized spacial score (nSPS) is 17.4. The highest BCUT2D eigenvalue weighted by Crippen LogP contribution is 2.31. The first-order chi connectivity index (χ1) is 13.7. The third-order valence-corrected chi connectivity index (χ3v) is 5.25. The number of aromatic nitrogens is 2. The first-order valence-electron chi connectivity index (χ1n) is 10.1. The first kappa shape index (κ1) is 20.0. The standard InChI is InChI=1S/C22H31N5O/c1-3-4-10-25-21-20(14-26-22(23)27-21)28-15-17-11-19(13-24-12-17)16(2)18-8-6-5-7-9-18/h5-9,12,14,16,19,24H,3-4,10-11,13,15H2,1-2H3,(H3,23,25,26,27). The molecule has 2 atom stereocenters. The van der Waals surface area contributed by atoms with Crippen LogP contribution in [0.25, 0.3) is 0 Å². The quantitative estimate of drug-likeness (QED) is 0.570. The van der Waals surface area contributed by atoms with Crippen LogP contribution in [-0.2, 0) is 0 Å². The number of nitrogen functional groups attached to an aromatic ring is 1. The zero-order valence-corrected chi connectivity index (χ0v) is 16.8. The summed E-state index contributed by atoms with van der Waals surface area (Å²) in [6.45, 7) is 6.79. The van der Waals surface area contributed by atoms with E-state index in [4.69, 9.17) is 10.5 Å². The first-order valence-corrected chi connectivity index (χ1v) is 10.1. The molecule has 150 valence electrons. The summed E-state index contributed by atoms with van der Waals surface area (Å²) in [7, 11) is 0. The number of benzene rings is 1. The molecule has 28 heavy (non-hydrogen) atoms. The maximum absolute atomic E-state index is 6.04. The molecule has 0 bridgehead atoms. The molecule has 2 unspecified atom stereocenters. The summed E-state index contributed by atoms with van der Waals surface area (Å²) < 4.78 is 6.04. The Balaban J connectivity index is 1.59. The fourth-order valence-electron chi connectivity index (χ4n) is 3.48. The van der Waals surface area contributed by atoms with Crippen molar-refractivity contribution in [3.63, 3.8) is 0 Å². The number of rotatable bonds is 9. The van der Waals surface area contributed by atoms with E-state index in [0.717, 1.165) is 32.4 Å². The average molecular weight is 382 g/mol. The molecule has 1 aromatic carbocycles. The number of nitrogens with two attached hydrogens (primary N) is 1. The summed E-state index contributed by atoms with van der Waals surface area (Å²) >= 11 is 0. The van der Waals surface area contributed by atoms with Gasteiger partial charge in [0, 0.05) is 13.1 Å². The molecule has 0 radical (unpaired) electrons. The summed E-state index contributed by atoms with van der Waals surface area (Å²) in [4.78, 5) is 8.37. The van der Waals surface area contributed by atoms with E-state index < -0.39 is 0 Å². The zero-order chi connectivity index (χ0) is 19.8. The lowest BCUT2D eigenvalue weighted by Crippen LogP contribution is -2.29. The minimum absolute atomic E-state index is 0.252. The summed E-state index contributed by atoms with van der Waals surface area (Å²) in [5.74, 6) is 2.59. The van der Waals surface area contributed by atoms with E-state index in [1.165, 1.54) is 11.1 Å². The summed E-state index contributed by atoms with van der Waals surface area (Å²) in [6, 6.07) is 10.7. The van der Waals surface area contributed by atoms with Crippen molar-refractivity contribution in [2.75, 3.05) is 30.7 Å². The Kier molecular flexibility index (Phi) is 7.12. The molecule has 3 rings (SSSR count). The van der Waals surface area contributed by atoms with Crippen LogP contribution in [0, 0.1) is 5.92 Å². The van der Waals surface area contributed by atoms with Gasteiger partial charge >= 0.3 is 0 Å². The van der Waals surface area contributed by atoms with Crippen molar-refractivity contribution >= 4 is 11.8 Å². The highest BCUT2D eigenvalue weighted by Gasteiger charge is 2.23. The fourth-order valence-corrected chi connectivity index (χ4v) is 3.48. The lowest BCUT2D eigenvalue weighted by molar-refractivity contribution is 0.321. The van der Waals surface area contributed by atoms with Crippen LogP contribution in [0.3, 0.4) is 0 Å². The van der Waals surface area contributed by atoms with Crippen molar-refractivity contribution in [2.45, 2.75) is 39.0 Å². The third kappa shape index (κ3) is 5.38. The van der Waals surface area contributed by atoms with Crippen LogP contribution < -0.4 is 21.1 Å². The van der Waals surface area contributed by atoms with Crippen LogP contribution in [0.5, 0.6) is 5.75 Å². The minimum atomic E-state index is 0.252. The Hall–Kier alpha value is -2.76. The molecule has 0 fully saturated rings. The Labute approximate surface area is 167 Å². The van der Waals surface area contributed by atoms with E-state index in [1.807, 2.05) is 0 Å². The third-order valence-electron chi connectivity index (χ3n) is 5.25. The van der Waals surface area contributed by atoms with Crippen molar-refractivity contribution in [3.8, 4) is 5.75 Å². The van der Waals surface area contributed by atoms with Gasteiger partial charge in [-0.25, -0.2) is 4.98 Å². The van der Waals surface area contributed by atoms with E-state index in [9.17, 15) is 0 Å². The lowest BCUT2D eigenvalue weighted by atomic mass is 9.82. The van der Waals surface area contributed by atoms with E-state index in [2.05, 4.69) is 71.0 Å². The molecular formula is C22H31N5O. The van der Waals surface area contributed by atoms with E-state index in [-0.39, 0.29) is 5.95 Å². The second kappa shape index (κ2) is 9.97. The van der Waals surface area contributed by atoms with Crippen LogP contribution in [0.1, 0.15) is 44.6 Å². The Morgan fingerprint density at radius 1 is 1.32 bits per heavy atom. The predicted octanol–water partition coefficient (Wildman–Crippen LogP) is 3.95. The van der Waals surface area contributed by atoms with Crippen molar-refractivity contribution in [2.24, 2.45) is 5.92 Å². The van der Waals surface area contributed by atoms with Crippen molar-refractivity contribution in [1.29, 1.82) is 0 Å². The van der Waals surface area contributed by atoms with E-state index in [0.29, 0.717) is 30.0 Å². The molecule has 0 amide bonds. The highest BCUT2D eigenvalue weighted by molar-refractivity contribution is 5.51. The molecule has 0 saturated heterocycles. The van der Waals surface area contributed by atoms with Gasteiger partial charge in [-0.1, -0.05) is 50.6 Å². The van der Waals surface area contributed by atoms with Gasteiger partial charge in [0.1, 0.15) is 6.61 Å². The molecule has 0 saturated carbocycles. The van der Waals surface area contributed by atoms with Crippen LogP contribution >= 0.6 is 0 Å². The smallest absolute Gasteiger partial charge is 0.222 e. The maximum atomic E-state index is 6.04. The number of nitrogens with one attached hydrogen (secondary N) is 2. The lowest BCUT2D eigenvalue weighted by Gasteiger charge is -2.29. The van der Waals surface area contributed by atoms with Gasteiger partial charge in [0.15, 0.2) is 11.6 Å². The number of nitrogens with zero attached hydrogens (tertiary/aromatic N) is 2. The van der Waals surface area contributed by atoms with Crippen LogP contribution in [0.2, 0.25) is 0 Å². The Morgan fingerprint density at radius 2 is 2.14 bits per heavy atom. The Bertz CT molecular complexity index is 778. The maximum Gasteiger partial charge on any atom is 0.222 e. The molecule has 2 aromatic rings. The minimum Gasteiger partial charge on any atom is -0.484 e. The topological polar surface area (TPSA) is 85.1 Å². The van der Waals surface area contributed by atoms with Gasteiger partial charge < -0.3 is 21.1 Å². The number of ether oxygens (including phenoxy) is 1. The molecule has 0 spiro atoms. The highest BCUT2D eigenvalue weighted by atomic mass is 16.5. The number of anilines is 2. The molecule has 1 aliphatic rings. The van der Waals surface area contributed by atoms with Gasteiger partial charge in [-0.3, -0.25) is 0 Å². The molecule has 4 N–H and O–H groups in total. The second-order valence-corrected chi connectivity index (χ2v) is 7.38. The number of hydrogen-bond donors (Lipinski definition) is 3. The van der Waals surface area contributed by atoms with E-state index in [1.54, 1.807) is 6.20 Å². The zero-order valence-electron chi connectivity index (χ0n) is 16.8. The predicted molar refractivity (Wildman–Crippen MR) is 114 cm³/mol. The van der Waals surface area contributed by atoms with Gasteiger partial charge in [-0.15, -0.1) is 0 Å². The van der Waals surface area contributed by atoms with Crippen molar-refractivity contribution in [1.82, 2.24) is 15.3 Å². The summed E-state index contributed by atoms with van der Waals surface area (Å²) in [5.41, 5.74) is 8.36. The molecule has 6 heteroatoms. The van der Waals surface area contributed by atoms with E-state index >= 15 is 0 Å². The average Bonchev–Trinajstić information content (AvgIpc) is 2.73. The molecule has 2 heterocycles. The largest absolute Gasteiger partial charge is 0.484 e. The van der Waals surface area contributed by atoms with Gasteiger partial charge in [0.25, 0.3) is 0 Å². The molecular weight excluding hydrogens is 350 g/mol. The van der Waals surface area contributed by atoms with Gasteiger partial charge in [0.05, 0.1) is 6.20 Å². The fraction of sp³-hybridized carbons (Fsp3) is 0.455. The molecule has 1 aliphatic heterocycles. The number of unbranched alkanes of at least 4 members (excludes halogenated alkanes) is 1. The van der Waals surface area contributed by atoms with Gasteiger partial charge in [0.2, 0.25) is 5.95 Å². The second-order valence-electron chi connectivity index (χ2n) is 7.38. The van der Waals surface area contributed by atoms with Gasteiger partial charge in [-0.2, -0.15) is 4.98 Å². The van der Waals surface area contributed by atoms with Crippen molar-refractivity contribution in [3.05, 3.63) is 53.9 Å².